The normalized spacial score (nSPS) is 19.2. The van der Waals surface area contributed by atoms with Gasteiger partial charge in [0.15, 0.2) is 0 Å². The second kappa shape index (κ2) is 7.62. The number of para-hydroxylation sites is 1. The molecular weight excluding hydrogens is 354 g/mol. The maximum Gasteiger partial charge on any atom is 0.270 e. The molecule has 0 radical (unpaired) electrons. The molecule has 0 spiro atoms. The van der Waals surface area contributed by atoms with E-state index in [1.807, 2.05) is 18.2 Å². The largest absolute Gasteiger partial charge is 0.371 e. The van der Waals surface area contributed by atoms with Gasteiger partial charge in [0.2, 0.25) is 0 Å². The van der Waals surface area contributed by atoms with Crippen LogP contribution in [0.15, 0.2) is 42.5 Å². The summed E-state index contributed by atoms with van der Waals surface area (Å²) in [5.74, 6) is 0.246. The number of piperidine rings is 1. The number of nitrogens with zero attached hydrogens (tertiary/aromatic N) is 3. The second-order valence-corrected chi connectivity index (χ2v) is 7.71. The fourth-order valence-electron chi connectivity index (χ4n) is 4.32. The van der Waals surface area contributed by atoms with Crippen LogP contribution in [0.3, 0.4) is 0 Å². The molecule has 2 aromatic carbocycles. The molecule has 0 bridgehead atoms. The Morgan fingerprint density at radius 1 is 1.04 bits per heavy atom. The Kier molecular flexibility index (Phi) is 5.03. The minimum Gasteiger partial charge on any atom is -0.371 e. The zero-order valence-electron chi connectivity index (χ0n) is 16.1. The van der Waals surface area contributed by atoms with Crippen molar-refractivity contribution in [3.63, 3.8) is 0 Å². The Morgan fingerprint density at radius 2 is 1.79 bits per heavy atom. The molecule has 1 unspecified atom stereocenters. The highest BCUT2D eigenvalue weighted by atomic mass is 16.6. The molecule has 4 rings (SSSR count). The molecular formula is C22H25N3O3. The Bertz CT molecular complexity index is 906. The van der Waals surface area contributed by atoms with Crippen LogP contribution in [0.2, 0.25) is 0 Å². The maximum absolute atomic E-state index is 13.6. The van der Waals surface area contributed by atoms with Crippen LogP contribution in [0.4, 0.5) is 17.1 Å². The summed E-state index contributed by atoms with van der Waals surface area (Å²) in [4.78, 5) is 28.5. The van der Waals surface area contributed by atoms with Crippen molar-refractivity contribution < 1.29 is 9.72 Å². The molecule has 0 N–H and O–H groups in total. The van der Waals surface area contributed by atoms with Crippen molar-refractivity contribution in [3.8, 4) is 0 Å². The molecule has 1 atom stereocenters. The van der Waals surface area contributed by atoms with E-state index in [0.717, 1.165) is 49.3 Å². The first-order valence-electron chi connectivity index (χ1n) is 10.0. The third kappa shape index (κ3) is 3.35. The van der Waals surface area contributed by atoms with Crippen LogP contribution in [-0.2, 0) is 0 Å². The number of carbonyl (C=O) groups is 1. The summed E-state index contributed by atoms with van der Waals surface area (Å²) in [7, 11) is 0. The molecule has 1 amide bonds. The second-order valence-electron chi connectivity index (χ2n) is 7.71. The van der Waals surface area contributed by atoms with E-state index < -0.39 is 4.92 Å². The SMILES string of the molecule is CC1CCN(C(=O)c2cc([N+](=O)[O-])ccc2N2CCCCC2)c2ccccc21. The number of fused-ring (bicyclic) bond motifs is 1. The third-order valence-corrected chi connectivity index (χ3v) is 5.91. The average Bonchev–Trinajstić information content (AvgIpc) is 2.74. The van der Waals surface area contributed by atoms with E-state index in [2.05, 4.69) is 17.9 Å². The van der Waals surface area contributed by atoms with Crippen molar-refractivity contribution in [1.82, 2.24) is 0 Å². The van der Waals surface area contributed by atoms with Crippen LogP contribution < -0.4 is 9.80 Å². The summed E-state index contributed by atoms with van der Waals surface area (Å²) >= 11 is 0. The minimum atomic E-state index is -0.428. The molecule has 6 heteroatoms. The van der Waals surface area contributed by atoms with Crippen LogP contribution in [0.5, 0.6) is 0 Å². The van der Waals surface area contributed by atoms with E-state index >= 15 is 0 Å². The molecule has 0 aromatic heterocycles. The number of benzene rings is 2. The first kappa shape index (κ1) is 18.5. The first-order valence-corrected chi connectivity index (χ1v) is 10.0. The van der Waals surface area contributed by atoms with Crippen LogP contribution in [-0.4, -0.2) is 30.5 Å². The Labute approximate surface area is 164 Å². The van der Waals surface area contributed by atoms with Crippen molar-refractivity contribution in [2.75, 3.05) is 29.4 Å². The van der Waals surface area contributed by atoms with Crippen molar-refractivity contribution in [1.29, 1.82) is 0 Å². The smallest absolute Gasteiger partial charge is 0.270 e. The van der Waals surface area contributed by atoms with Crippen LogP contribution >= 0.6 is 0 Å². The number of hydrogen-bond acceptors (Lipinski definition) is 4. The van der Waals surface area contributed by atoms with Gasteiger partial charge in [-0.15, -0.1) is 0 Å². The van der Waals surface area contributed by atoms with Crippen LogP contribution in [0, 0.1) is 10.1 Å². The predicted molar refractivity (Wildman–Crippen MR) is 110 cm³/mol. The molecule has 6 nitrogen and oxygen atoms in total. The topological polar surface area (TPSA) is 66.7 Å². The molecule has 2 aliphatic heterocycles. The summed E-state index contributed by atoms with van der Waals surface area (Å²) in [6.45, 7) is 4.56. The molecule has 2 aromatic rings. The van der Waals surface area contributed by atoms with E-state index in [1.54, 1.807) is 11.0 Å². The number of carbonyl (C=O) groups excluding carboxylic acids is 1. The molecule has 2 aliphatic rings. The lowest BCUT2D eigenvalue weighted by molar-refractivity contribution is -0.384. The van der Waals surface area contributed by atoms with E-state index in [0.29, 0.717) is 18.0 Å². The lowest BCUT2D eigenvalue weighted by Gasteiger charge is -2.35. The predicted octanol–water partition coefficient (Wildman–Crippen LogP) is 4.74. The average molecular weight is 379 g/mol. The highest BCUT2D eigenvalue weighted by Crippen LogP contribution is 2.37. The Balaban J connectivity index is 1.77. The highest BCUT2D eigenvalue weighted by molar-refractivity contribution is 6.10. The molecule has 146 valence electrons. The summed E-state index contributed by atoms with van der Waals surface area (Å²) in [5.41, 5.74) is 3.28. The van der Waals surface area contributed by atoms with Gasteiger partial charge in [-0.05, 0) is 49.3 Å². The van der Waals surface area contributed by atoms with Crippen molar-refractivity contribution in [2.24, 2.45) is 0 Å². The van der Waals surface area contributed by atoms with Gasteiger partial charge in [0.25, 0.3) is 11.6 Å². The van der Waals surface area contributed by atoms with Crippen LogP contribution in [0.25, 0.3) is 0 Å². The van der Waals surface area contributed by atoms with Crippen molar-refractivity contribution in [2.45, 2.75) is 38.5 Å². The zero-order chi connectivity index (χ0) is 19.7. The zero-order valence-corrected chi connectivity index (χ0v) is 16.1. The quantitative estimate of drug-likeness (QED) is 0.571. The van der Waals surface area contributed by atoms with Crippen molar-refractivity contribution >= 4 is 23.0 Å². The number of non-ortho nitro benzene ring substituents is 1. The monoisotopic (exact) mass is 379 g/mol. The van der Waals surface area contributed by atoms with Gasteiger partial charge in [0.05, 0.1) is 16.2 Å². The van der Waals surface area contributed by atoms with Gasteiger partial charge in [0.1, 0.15) is 0 Å². The van der Waals surface area contributed by atoms with E-state index in [1.165, 1.54) is 18.6 Å². The number of hydrogen-bond donors (Lipinski definition) is 0. The maximum atomic E-state index is 13.6. The third-order valence-electron chi connectivity index (χ3n) is 5.91. The van der Waals surface area contributed by atoms with E-state index in [4.69, 9.17) is 0 Å². The fraction of sp³-hybridized carbons (Fsp3) is 0.409. The summed E-state index contributed by atoms with van der Waals surface area (Å²) in [6.07, 6.45) is 4.23. The molecule has 1 fully saturated rings. The molecule has 0 saturated carbocycles. The van der Waals surface area contributed by atoms with Gasteiger partial charge in [-0.25, -0.2) is 0 Å². The van der Waals surface area contributed by atoms with E-state index in [-0.39, 0.29) is 11.6 Å². The fourth-order valence-corrected chi connectivity index (χ4v) is 4.32. The Hall–Kier alpha value is -2.89. The van der Waals surface area contributed by atoms with Crippen molar-refractivity contribution in [3.05, 3.63) is 63.7 Å². The van der Waals surface area contributed by atoms with E-state index in [9.17, 15) is 14.9 Å². The van der Waals surface area contributed by atoms with Gasteiger partial charge < -0.3 is 9.80 Å². The standard InChI is InChI=1S/C22H25N3O3/c1-16-11-14-24(21-8-4-3-7-18(16)21)22(26)19-15-17(25(27)28)9-10-20(19)23-12-5-2-6-13-23/h3-4,7-10,15-16H,2,5-6,11-14H2,1H3. The van der Waals surface area contributed by atoms with Gasteiger partial charge in [-0.2, -0.15) is 0 Å². The number of rotatable bonds is 3. The summed E-state index contributed by atoms with van der Waals surface area (Å²) in [6, 6.07) is 12.7. The summed E-state index contributed by atoms with van der Waals surface area (Å²) < 4.78 is 0. The van der Waals surface area contributed by atoms with Gasteiger partial charge >= 0.3 is 0 Å². The number of anilines is 2. The molecule has 28 heavy (non-hydrogen) atoms. The molecule has 0 aliphatic carbocycles. The number of nitro groups is 1. The summed E-state index contributed by atoms with van der Waals surface area (Å²) in [5, 5.41) is 11.3. The highest BCUT2D eigenvalue weighted by Gasteiger charge is 2.30. The number of nitro benzene ring substituents is 1. The Morgan fingerprint density at radius 3 is 2.54 bits per heavy atom. The van der Waals surface area contributed by atoms with Gasteiger partial charge in [-0.1, -0.05) is 25.1 Å². The molecule has 1 saturated heterocycles. The number of amides is 1. The van der Waals surface area contributed by atoms with Crippen LogP contribution in [0.1, 0.15) is 54.4 Å². The molecule has 2 heterocycles. The van der Waals surface area contributed by atoms with Gasteiger partial charge in [-0.3, -0.25) is 14.9 Å². The van der Waals surface area contributed by atoms with Gasteiger partial charge in [0, 0.05) is 37.5 Å². The first-order chi connectivity index (χ1) is 13.6. The lowest BCUT2D eigenvalue weighted by atomic mass is 9.91. The minimum absolute atomic E-state index is 0.0391. The lowest BCUT2D eigenvalue weighted by Crippen LogP contribution is -2.38.